The Labute approximate surface area is 56.0 Å². The minimum atomic E-state index is 0.340. The van der Waals surface area contributed by atoms with Gasteiger partial charge in [0, 0.05) is 6.20 Å². The zero-order valence-electron chi connectivity index (χ0n) is 5.10. The molecular formula is C4H6N6. The van der Waals surface area contributed by atoms with Gasteiger partial charge in [-0.1, -0.05) is 5.21 Å². The molecule has 0 amide bonds. The van der Waals surface area contributed by atoms with E-state index >= 15 is 0 Å². The summed E-state index contributed by atoms with van der Waals surface area (Å²) >= 11 is 0. The Hall–Kier alpha value is -1.72. The number of hydrogen-bond acceptors (Lipinski definition) is 4. The Kier molecular flexibility index (Phi) is 0.717. The monoisotopic (exact) mass is 138 g/mol. The molecule has 0 aliphatic rings. The fourth-order valence-electron chi connectivity index (χ4n) is 0.857. The quantitative estimate of drug-likeness (QED) is 0.449. The Morgan fingerprint density at radius 2 is 2.20 bits per heavy atom. The zero-order chi connectivity index (χ0) is 7.14. The molecule has 0 spiro atoms. The molecule has 4 N–H and O–H groups in total. The molecule has 52 valence electrons. The van der Waals surface area contributed by atoms with Gasteiger partial charge in [0.15, 0.2) is 11.5 Å². The molecule has 0 aliphatic carbocycles. The van der Waals surface area contributed by atoms with Crippen molar-refractivity contribution in [3.63, 3.8) is 0 Å². The number of aromatic nitrogens is 4. The van der Waals surface area contributed by atoms with Gasteiger partial charge in [0.25, 0.3) is 0 Å². The first kappa shape index (κ1) is 5.10. The molecule has 0 aliphatic heterocycles. The number of anilines is 1. The standard InChI is InChI=1S/C4H6N6/c5-3-4-9(6)1-2-10(4)8-7-3/h1-2H,5-6H2. The summed E-state index contributed by atoms with van der Waals surface area (Å²) in [4.78, 5) is 0. The summed E-state index contributed by atoms with van der Waals surface area (Å²) in [5.74, 6) is 5.80. The maximum absolute atomic E-state index is 5.46. The van der Waals surface area contributed by atoms with Gasteiger partial charge in [0.1, 0.15) is 0 Å². The molecule has 10 heavy (non-hydrogen) atoms. The van der Waals surface area contributed by atoms with Gasteiger partial charge in [-0.05, 0) is 0 Å². The van der Waals surface area contributed by atoms with Crippen LogP contribution in [0, 0.1) is 0 Å². The topological polar surface area (TPSA) is 87.2 Å². The lowest BCUT2D eigenvalue weighted by Crippen LogP contribution is -2.06. The summed E-state index contributed by atoms with van der Waals surface area (Å²) in [6.45, 7) is 0. The van der Waals surface area contributed by atoms with E-state index in [1.165, 1.54) is 9.19 Å². The van der Waals surface area contributed by atoms with Gasteiger partial charge >= 0.3 is 0 Å². The first-order valence-corrected chi connectivity index (χ1v) is 2.72. The van der Waals surface area contributed by atoms with Crippen LogP contribution in [0.25, 0.3) is 5.65 Å². The number of imidazole rings is 1. The molecule has 2 aromatic rings. The Bertz CT molecular complexity index is 325. The van der Waals surface area contributed by atoms with Crippen molar-refractivity contribution in [2.75, 3.05) is 11.6 Å². The van der Waals surface area contributed by atoms with Crippen molar-refractivity contribution < 1.29 is 0 Å². The molecule has 2 heterocycles. The van der Waals surface area contributed by atoms with E-state index < -0.39 is 0 Å². The molecule has 2 aromatic heterocycles. The highest BCUT2D eigenvalue weighted by atomic mass is 15.5. The molecular weight excluding hydrogens is 132 g/mol. The SMILES string of the molecule is Nc1nnn2ccn(N)c12. The molecule has 0 radical (unpaired) electrons. The highest BCUT2D eigenvalue weighted by Crippen LogP contribution is 2.06. The lowest BCUT2D eigenvalue weighted by atomic mass is 10.7. The minimum absolute atomic E-state index is 0.340. The third kappa shape index (κ3) is 0.426. The normalized spacial score (nSPS) is 10.8. The molecule has 0 aromatic carbocycles. The van der Waals surface area contributed by atoms with Crippen molar-refractivity contribution in [2.24, 2.45) is 0 Å². The highest BCUT2D eigenvalue weighted by molar-refractivity contribution is 5.59. The molecule has 0 atom stereocenters. The summed E-state index contributed by atoms with van der Waals surface area (Å²) in [7, 11) is 0. The smallest absolute Gasteiger partial charge is 0.198 e. The van der Waals surface area contributed by atoms with Crippen LogP contribution in [-0.2, 0) is 0 Å². The van der Waals surface area contributed by atoms with Gasteiger partial charge in [-0.2, -0.15) is 4.52 Å². The van der Waals surface area contributed by atoms with Gasteiger partial charge in [-0.3, -0.25) is 0 Å². The van der Waals surface area contributed by atoms with Gasteiger partial charge < -0.3 is 11.6 Å². The van der Waals surface area contributed by atoms with E-state index in [-0.39, 0.29) is 0 Å². The van der Waals surface area contributed by atoms with Gasteiger partial charge in [-0.15, -0.1) is 5.10 Å². The zero-order valence-corrected chi connectivity index (χ0v) is 5.10. The molecule has 6 heteroatoms. The molecule has 6 nitrogen and oxygen atoms in total. The first-order chi connectivity index (χ1) is 4.79. The van der Waals surface area contributed by atoms with Crippen molar-refractivity contribution in [3.05, 3.63) is 12.4 Å². The Balaban J connectivity index is 2.98. The van der Waals surface area contributed by atoms with E-state index in [0.717, 1.165) is 0 Å². The number of rotatable bonds is 0. The summed E-state index contributed by atoms with van der Waals surface area (Å²) in [5, 5.41) is 7.29. The fourth-order valence-corrected chi connectivity index (χ4v) is 0.857. The second-order valence-electron chi connectivity index (χ2n) is 1.95. The van der Waals surface area contributed by atoms with E-state index in [0.29, 0.717) is 11.5 Å². The Morgan fingerprint density at radius 3 is 2.90 bits per heavy atom. The van der Waals surface area contributed by atoms with E-state index in [9.17, 15) is 0 Å². The molecule has 0 fully saturated rings. The highest BCUT2D eigenvalue weighted by Gasteiger charge is 2.04. The van der Waals surface area contributed by atoms with Crippen LogP contribution in [0.1, 0.15) is 0 Å². The largest absolute Gasteiger partial charge is 0.379 e. The molecule has 0 saturated heterocycles. The fraction of sp³-hybridized carbons (Fsp3) is 0. The third-order valence-electron chi connectivity index (χ3n) is 1.31. The maximum Gasteiger partial charge on any atom is 0.198 e. The third-order valence-corrected chi connectivity index (χ3v) is 1.31. The van der Waals surface area contributed by atoms with E-state index in [2.05, 4.69) is 10.3 Å². The van der Waals surface area contributed by atoms with Crippen molar-refractivity contribution in [2.45, 2.75) is 0 Å². The lowest BCUT2D eigenvalue weighted by Gasteiger charge is -1.88. The predicted molar refractivity (Wildman–Crippen MR) is 35.5 cm³/mol. The number of nitrogen functional groups attached to an aromatic ring is 2. The molecule has 2 rings (SSSR count). The van der Waals surface area contributed by atoms with Gasteiger partial charge in [0.2, 0.25) is 0 Å². The van der Waals surface area contributed by atoms with E-state index in [1.807, 2.05) is 0 Å². The summed E-state index contributed by atoms with van der Waals surface area (Å²) in [6, 6.07) is 0. The van der Waals surface area contributed by atoms with Crippen LogP contribution < -0.4 is 11.6 Å². The van der Waals surface area contributed by atoms with Crippen molar-refractivity contribution >= 4 is 11.5 Å². The van der Waals surface area contributed by atoms with Crippen LogP contribution in [0.3, 0.4) is 0 Å². The van der Waals surface area contributed by atoms with Crippen LogP contribution in [0.2, 0.25) is 0 Å². The van der Waals surface area contributed by atoms with E-state index in [1.54, 1.807) is 12.4 Å². The average molecular weight is 138 g/mol. The van der Waals surface area contributed by atoms with Gasteiger partial charge in [-0.25, -0.2) is 4.68 Å². The number of hydrogen-bond donors (Lipinski definition) is 2. The maximum atomic E-state index is 5.46. The van der Waals surface area contributed by atoms with Crippen LogP contribution in [-0.4, -0.2) is 19.5 Å². The first-order valence-electron chi connectivity index (χ1n) is 2.72. The minimum Gasteiger partial charge on any atom is -0.379 e. The summed E-state index contributed by atoms with van der Waals surface area (Å²) in [5.41, 5.74) is 6.04. The van der Waals surface area contributed by atoms with Crippen LogP contribution in [0.4, 0.5) is 5.82 Å². The number of nitrogens with zero attached hydrogens (tertiary/aromatic N) is 4. The van der Waals surface area contributed by atoms with Crippen molar-refractivity contribution in [3.8, 4) is 0 Å². The molecule has 0 bridgehead atoms. The van der Waals surface area contributed by atoms with Crippen LogP contribution >= 0.6 is 0 Å². The Morgan fingerprint density at radius 1 is 1.40 bits per heavy atom. The second kappa shape index (κ2) is 1.41. The van der Waals surface area contributed by atoms with Crippen molar-refractivity contribution in [1.29, 1.82) is 0 Å². The summed E-state index contributed by atoms with van der Waals surface area (Å²) in [6.07, 6.45) is 3.33. The second-order valence-corrected chi connectivity index (χ2v) is 1.95. The summed E-state index contributed by atoms with van der Waals surface area (Å²) < 4.78 is 2.88. The molecule has 0 saturated carbocycles. The van der Waals surface area contributed by atoms with E-state index in [4.69, 9.17) is 11.6 Å². The predicted octanol–water partition coefficient (Wildman–Crippen LogP) is -1.17. The van der Waals surface area contributed by atoms with Gasteiger partial charge in [0.05, 0.1) is 6.20 Å². The molecule has 0 unspecified atom stereocenters. The average Bonchev–Trinajstić information content (AvgIpc) is 2.40. The number of nitrogens with two attached hydrogens (primary N) is 2. The van der Waals surface area contributed by atoms with Crippen molar-refractivity contribution in [1.82, 2.24) is 19.5 Å². The van der Waals surface area contributed by atoms with Crippen LogP contribution in [0.15, 0.2) is 12.4 Å². The number of fused-ring (bicyclic) bond motifs is 1. The van der Waals surface area contributed by atoms with Crippen LogP contribution in [0.5, 0.6) is 0 Å². The lowest BCUT2D eigenvalue weighted by molar-refractivity contribution is 0.861.